The average Bonchev–Trinajstić information content (AvgIpc) is 2.53. The number of rotatable bonds is 4. The number of benzene rings is 2. The van der Waals surface area contributed by atoms with Crippen LogP contribution in [0.25, 0.3) is 0 Å². The van der Waals surface area contributed by atoms with Crippen LogP contribution in [0.1, 0.15) is 28.4 Å². The number of hydrogen-bond donors (Lipinski definition) is 1. The van der Waals surface area contributed by atoms with E-state index in [0.29, 0.717) is 5.56 Å². The van der Waals surface area contributed by atoms with Gasteiger partial charge < -0.3 is 4.90 Å². The Morgan fingerprint density at radius 2 is 1.50 bits per heavy atom. The molecule has 0 saturated carbocycles. The number of anilines is 1. The molecule has 0 bridgehead atoms. The lowest BCUT2D eigenvalue weighted by Gasteiger charge is -2.12. The first-order chi connectivity index (χ1) is 10.5. The van der Waals surface area contributed by atoms with E-state index in [4.69, 9.17) is 0 Å². The highest BCUT2D eigenvalue weighted by Gasteiger charge is 2.05. The predicted molar refractivity (Wildman–Crippen MR) is 91.6 cm³/mol. The molecule has 2 rings (SSSR count). The van der Waals surface area contributed by atoms with Crippen LogP contribution in [0.15, 0.2) is 53.6 Å². The molecule has 2 aromatic rings. The molecule has 2 aromatic carbocycles. The van der Waals surface area contributed by atoms with E-state index in [0.717, 1.165) is 17.0 Å². The van der Waals surface area contributed by atoms with Crippen molar-refractivity contribution in [1.29, 1.82) is 0 Å². The fourth-order valence-corrected chi connectivity index (χ4v) is 1.97. The normalized spacial score (nSPS) is 11.2. The van der Waals surface area contributed by atoms with E-state index in [-0.39, 0.29) is 5.91 Å². The van der Waals surface area contributed by atoms with Crippen molar-refractivity contribution in [3.05, 3.63) is 65.2 Å². The van der Waals surface area contributed by atoms with Crippen molar-refractivity contribution in [1.82, 2.24) is 5.43 Å². The van der Waals surface area contributed by atoms with Crippen LogP contribution >= 0.6 is 0 Å². The van der Waals surface area contributed by atoms with E-state index in [1.807, 2.05) is 69.2 Å². The molecular formula is C18H21N3O. The third-order valence-electron chi connectivity index (χ3n) is 3.44. The van der Waals surface area contributed by atoms with Gasteiger partial charge in [-0.25, -0.2) is 5.43 Å². The van der Waals surface area contributed by atoms with Crippen LogP contribution in [0.4, 0.5) is 5.69 Å². The van der Waals surface area contributed by atoms with E-state index < -0.39 is 0 Å². The van der Waals surface area contributed by atoms with Gasteiger partial charge in [-0.3, -0.25) is 4.79 Å². The number of aryl methyl sites for hydroxylation is 1. The second-order valence-electron chi connectivity index (χ2n) is 5.45. The summed E-state index contributed by atoms with van der Waals surface area (Å²) in [7, 11) is 3.93. The van der Waals surface area contributed by atoms with Crippen LogP contribution in [-0.2, 0) is 0 Å². The summed E-state index contributed by atoms with van der Waals surface area (Å²) in [6.07, 6.45) is 0. The van der Waals surface area contributed by atoms with Gasteiger partial charge in [0.2, 0.25) is 0 Å². The molecule has 4 nitrogen and oxygen atoms in total. The number of hydrazone groups is 1. The number of nitrogens with zero attached hydrogens (tertiary/aromatic N) is 2. The van der Waals surface area contributed by atoms with Gasteiger partial charge >= 0.3 is 0 Å². The molecular weight excluding hydrogens is 274 g/mol. The molecule has 0 aliphatic carbocycles. The Bertz CT molecular complexity index is 670. The van der Waals surface area contributed by atoms with Crippen LogP contribution in [0, 0.1) is 6.92 Å². The topological polar surface area (TPSA) is 44.7 Å². The molecule has 1 N–H and O–H groups in total. The van der Waals surface area contributed by atoms with Gasteiger partial charge in [0.05, 0.1) is 5.71 Å². The summed E-state index contributed by atoms with van der Waals surface area (Å²) in [5.74, 6) is -0.211. The summed E-state index contributed by atoms with van der Waals surface area (Å²) in [5.41, 5.74) is 7.20. The Morgan fingerprint density at radius 1 is 0.955 bits per heavy atom. The van der Waals surface area contributed by atoms with Gasteiger partial charge in [-0.2, -0.15) is 5.10 Å². The molecule has 0 unspecified atom stereocenters. The predicted octanol–water partition coefficient (Wildman–Crippen LogP) is 3.22. The van der Waals surface area contributed by atoms with E-state index in [9.17, 15) is 4.79 Å². The highest BCUT2D eigenvalue weighted by Crippen LogP contribution is 2.12. The Balaban J connectivity index is 2.05. The summed E-state index contributed by atoms with van der Waals surface area (Å²) >= 11 is 0. The van der Waals surface area contributed by atoms with Crippen molar-refractivity contribution < 1.29 is 4.79 Å². The van der Waals surface area contributed by atoms with Gasteiger partial charge in [-0.15, -0.1) is 0 Å². The number of carbonyl (C=O) groups excluding carboxylic acids is 1. The number of amides is 1. The van der Waals surface area contributed by atoms with E-state index in [1.165, 1.54) is 5.56 Å². The monoisotopic (exact) mass is 295 g/mol. The third-order valence-corrected chi connectivity index (χ3v) is 3.44. The minimum atomic E-state index is -0.211. The molecule has 0 spiro atoms. The maximum Gasteiger partial charge on any atom is 0.271 e. The Labute approximate surface area is 131 Å². The Morgan fingerprint density at radius 3 is 2.05 bits per heavy atom. The van der Waals surface area contributed by atoms with Crippen LogP contribution in [0.5, 0.6) is 0 Å². The summed E-state index contributed by atoms with van der Waals surface area (Å²) in [4.78, 5) is 14.1. The van der Waals surface area contributed by atoms with Gasteiger partial charge in [-0.05, 0) is 43.7 Å². The maximum absolute atomic E-state index is 12.1. The number of carbonyl (C=O) groups is 1. The van der Waals surface area contributed by atoms with Crippen LogP contribution in [-0.4, -0.2) is 25.7 Å². The van der Waals surface area contributed by atoms with Crippen LogP contribution < -0.4 is 10.3 Å². The first-order valence-corrected chi connectivity index (χ1v) is 7.16. The van der Waals surface area contributed by atoms with Crippen LogP contribution in [0.2, 0.25) is 0 Å². The summed E-state index contributed by atoms with van der Waals surface area (Å²) < 4.78 is 0. The number of nitrogens with one attached hydrogen (secondary N) is 1. The number of hydrogen-bond acceptors (Lipinski definition) is 3. The molecule has 0 radical (unpaired) electrons. The minimum absolute atomic E-state index is 0.211. The smallest absolute Gasteiger partial charge is 0.271 e. The van der Waals surface area contributed by atoms with Crippen molar-refractivity contribution in [2.75, 3.05) is 19.0 Å². The first kappa shape index (κ1) is 15.8. The zero-order valence-corrected chi connectivity index (χ0v) is 13.4. The van der Waals surface area contributed by atoms with Crippen molar-refractivity contribution in [2.45, 2.75) is 13.8 Å². The molecule has 0 heterocycles. The fourth-order valence-electron chi connectivity index (χ4n) is 1.97. The van der Waals surface area contributed by atoms with Crippen LogP contribution in [0.3, 0.4) is 0 Å². The van der Waals surface area contributed by atoms with E-state index in [1.54, 1.807) is 12.1 Å². The molecule has 114 valence electrons. The molecule has 0 atom stereocenters. The quantitative estimate of drug-likeness (QED) is 0.695. The van der Waals surface area contributed by atoms with Gasteiger partial charge in [0.1, 0.15) is 0 Å². The molecule has 0 aromatic heterocycles. The fraction of sp³-hybridized carbons (Fsp3) is 0.222. The zero-order valence-electron chi connectivity index (χ0n) is 13.4. The van der Waals surface area contributed by atoms with E-state index in [2.05, 4.69) is 10.5 Å². The largest absolute Gasteiger partial charge is 0.378 e. The highest BCUT2D eigenvalue weighted by molar-refractivity contribution is 6.00. The lowest BCUT2D eigenvalue weighted by Crippen LogP contribution is -2.19. The molecule has 22 heavy (non-hydrogen) atoms. The second-order valence-corrected chi connectivity index (χ2v) is 5.45. The lowest BCUT2D eigenvalue weighted by atomic mass is 10.1. The van der Waals surface area contributed by atoms with Crippen molar-refractivity contribution in [3.63, 3.8) is 0 Å². The zero-order chi connectivity index (χ0) is 16.1. The van der Waals surface area contributed by atoms with Crippen molar-refractivity contribution >= 4 is 17.3 Å². The average molecular weight is 295 g/mol. The second kappa shape index (κ2) is 6.89. The van der Waals surface area contributed by atoms with Gasteiger partial charge in [0.15, 0.2) is 0 Å². The Hall–Kier alpha value is -2.62. The maximum atomic E-state index is 12.1. The van der Waals surface area contributed by atoms with Crippen molar-refractivity contribution in [2.24, 2.45) is 5.10 Å². The summed E-state index contributed by atoms with van der Waals surface area (Å²) in [6, 6.07) is 15.4. The first-order valence-electron chi connectivity index (χ1n) is 7.16. The minimum Gasteiger partial charge on any atom is -0.378 e. The Kier molecular flexibility index (Phi) is 4.94. The summed E-state index contributed by atoms with van der Waals surface area (Å²) in [5, 5.41) is 4.16. The molecule has 1 amide bonds. The van der Waals surface area contributed by atoms with Crippen molar-refractivity contribution in [3.8, 4) is 0 Å². The van der Waals surface area contributed by atoms with Gasteiger partial charge in [0, 0.05) is 25.3 Å². The third kappa shape index (κ3) is 3.95. The molecule has 0 saturated heterocycles. The molecule has 0 aliphatic heterocycles. The van der Waals surface area contributed by atoms with Gasteiger partial charge in [-0.1, -0.05) is 29.8 Å². The molecule has 0 fully saturated rings. The van der Waals surface area contributed by atoms with Gasteiger partial charge in [0.25, 0.3) is 5.91 Å². The molecule has 0 aliphatic rings. The van der Waals surface area contributed by atoms with E-state index >= 15 is 0 Å². The standard InChI is InChI=1S/C18H21N3O/c1-13-5-7-15(8-6-13)14(2)19-20-18(22)16-9-11-17(12-10-16)21(3)4/h5-12H,1-4H3,(H,20,22)/b19-14-. The SMILES string of the molecule is C/C(=N/NC(=O)c1ccc(N(C)C)cc1)c1ccc(C)cc1. The highest BCUT2D eigenvalue weighted by atomic mass is 16.2. The molecule has 4 heteroatoms. The summed E-state index contributed by atoms with van der Waals surface area (Å²) in [6.45, 7) is 3.91. The lowest BCUT2D eigenvalue weighted by molar-refractivity contribution is 0.0955.